The lowest BCUT2D eigenvalue weighted by molar-refractivity contribution is -0.117. The molecule has 1 aromatic carbocycles. The van der Waals surface area contributed by atoms with E-state index in [0.717, 1.165) is 43.5 Å². The number of carbonyl (C=O) groups excluding carboxylic acids is 2. The van der Waals surface area contributed by atoms with Crippen LogP contribution in [0, 0.1) is 13.8 Å². The summed E-state index contributed by atoms with van der Waals surface area (Å²) in [6.45, 7) is 5.08. The van der Waals surface area contributed by atoms with Crippen molar-refractivity contribution in [3.05, 3.63) is 35.5 Å². The monoisotopic (exact) mass is 383 g/mol. The first-order valence-corrected chi connectivity index (χ1v) is 9.82. The lowest BCUT2D eigenvalue weighted by atomic mass is 10.0. The number of aryl methyl sites for hydroxylation is 2. The predicted molar refractivity (Wildman–Crippen MR) is 104 cm³/mol. The number of nitrogens with zero attached hydrogens (tertiary/aromatic N) is 4. The molecular weight excluding hydrogens is 358 g/mol. The van der Waals surface area contributed by atoms with Gasteiger partial charge in [-0.15, -0.1) is 0 Å². The Hall–Kier alpha value is -2.90. The van der Waals surface area contributed by atoms with Crippen LogP contribution in [-0.4, -0.2) is 40.1 Å². The number of hydrogen-bond donors (Lipinski definition) is 1. The van der Waals surface area contributed by atoms with E-state index in [1.54, 1.807) is 16.7 Å². The summed E-state index contributed by atoms with van der Waals surface area (Å²) in [6, 6.07) is 5.35. The highest BCUT2D eigenvalue weighted by Gasteiger charge is 2.32. The van der Waals surface area contributed by atoms with Crippen LogP contribution < -0.4 is 10.2 Å². The van der Waals surface area contributed by atoms with Crippen LogP contribution in [0.15, 0.2) is 22.7 Å². The van der Waals surface area contributed by atoms with Gasteiger partial charge < -0.3 is 19.6 Å². The normalized spacial score (nSPS) is 19.9. The number of amides is 3. The third-order valence-corrected chi connectivity index (χ3v) is 5.44. The van der Waals surface area contributed by atoms with Crippen molar-refractivity contribution >= 4 is 23.3 Å². The molecule has 2 aliphatic rings. The number of hydrogen-bond acceptors (Lipinski definition) is 5. The predicted octanol–water partition coefficient (Wildman–Crippen LogP) is 3.57. The Labute approximate surface area is 163 Å². The number of likely N-dealkylation sites (tertiary alicyclic amines) is 1. The molecule has 3 amide bonds. The summed E-state index contributed by atoms with van der Waals surface area (Å²) in [5.41, 5.74) is 2.49. The summed E-state index contributed by atoms with van der Waals surface area (Å²) in [4.78, 5) is 33.0. The highest BCUT2D eigenvalue weighted by atomic mass is 16.5. The third-order valence-electron chi connectivity index (χ3n) is 5.44. The summed E-state index contributed by atoms with van der Waals surface area (Å²) >= 11 is 0. The van der Waals surface area contributed by atoms with E-state index in [0.29, 0.717) is 30.4 Å². The second-order valence-electron chi connectivity index (χ2n) is 7.46. The van der Waals surface area contributed by atoms with Crippen LogP contribution in [0.5, 0.6) is 0 Å². The van der Waals surface area contributed by atoms with Crippen LogP contribution in [0.3, 0.4) is 0 Å². The molecule has 2 aromatic rings. The first kappa shape index (κ1) is 18.5. The van der Waals surface area contributed by atoms with Crippen molar-refractivity contribution in [2.24, 2.45) is 0 Å². The number of rotatable bonds is 3. The van der Waals surface area contributed by atoms with Crippen molar-refractivity contribution in [3.63, 3.8) is 0 Å². The Bertz CT molecular complexity index is 894. The SMILES string of the molecule is Cc1noc([C@@H]2CCCCN2C(=O)Nc2cc(N3CCCC3=O)ccc2C)n1. The number of aromatic nitrogens is 2. The van der Waals surface area contributed by atoms with Gasteiger partial charge in [-0.3, -0.25) is 4.79 Å². The fourth-order valence-corrected chi connectivity index (χ4v) is 3.90. The lowest BCUT2D eigenvalue weighted by Gasteiger charge is -2.33. The first-order chi connectivity index (χ1) is 13.5. The smallest absolute Gasteiger partial charge is 0.322 e. The molecule has 0 unspecified atom stereocenters. The van der Waals surface area contributed by atoms with Gasteiger partial charge in [0.1, 0.15) is 6.04 Å². The fourth-order valence-electron chi connectivity index (χ4n) is 3.90. The summed E-state index contributed by atoms with van der Waals surface area (Å²) in [5, 5.41) is 6.89. The minimum Gasteiger partial charge on any atom is -0.337 e. The molecule has 2 saturated heterocycles. The van der Waals surface area contributed by atoms with Crippen LogP contribution in [0.1, 0.15) is 55.4 Å². The summed E-state index contributed by atoms with van der Waals surface area (Å²) in [6.07, 6.45) is 4.21. The molecule has 0 saturated carbocycles. The molecule has 8 nitrogen and oxygen atoms in total. The summed E-state index contributed by atoms with van der Waals surface area (Å²) < 4.78 is 5.33. The zero-order chi connectivity index (χ0) is 19.7. The average molecular weight is 383 g/mol. The number of carbonyl (C=O) groups is 2. The van der Waals surface area contributed by atoms with E-state index in [1.807, 2.05) is 25.1 Å². The van der Waals surface area contributed by atoms with Gasteiger partial charge in [0.2, 0.25) is 11.8 Å². The van der Waals surface area contributed by atoms with E-state index in [9.17, 15) is 9.59 Å². The molecule has 2 aliphatic heterocycles. The minimum absolute atomic E-state index is 0.129. The number of nitrogens with one attached hydrogen (secondary N) is 1. The third kappa shape index (κ3) is 3.58. The molecule has 0 bridgehead atoms. The van der Waals surface area contributed by atoms with Crippen molar-refractivity contribution in [1.29, 1.82) is 0 Å². The largest absolute Gasteiger partial charge is 0.337 e. The van der Waals surface area contributed by atoms with Crippen LogP contribution >= 0.6 is 0 Å². The summed E-state index contributed by atoms with van der Waals surface area (Å²) in [5.74, 6) is 1.18. The van der Waals surface area contributed by atoms with Crippen LogP contribution in [0.4, 0.5) is 16.2 Å². The molecule has 1 aromatic heterocycles. The van der Waals surface area contributed by atoms with Gasteiger partial charge in [0.15, 0.2) is 5.82 Å². The number of urea groups is 1. The second-order valence-corrected chi connectivity index (χ2v) is 7.46. The highest BCUT2D eigenvalue weighted by molar-refractivity contribution is 5.97. The van der Waals surface area contributed by atoms with Crippen LogP contribution in [-0.2, 0) is 4.79 Å². The van der Waals surface area contributed by atoms with Gasteiger partial charge in [-0.1, -0.05) is 11.2 Å². The molecule has 1 atom stereocenters. The Morgan fingerprint density at radius 3 is 2.79 bits per heavy atom. The fraction of sp³-hybridized carbons (Fsp3) is 0.500. The standard InChI is InChI=1S/C20H25N5O3/c1-13-8-9-15(24-11-5-7-18(24)26)12-16(13)22-20(27)25-10-4-3-6-17(25)19-21-14(2)23-28-19/h8-9,12,17H,3-7,10-11H2,1-2H3,(H,22,27)/t17-/m0/s1. The Morgan fingerprint density at radius 1 is 1.21 bits per heavy atom. The van der Waals surface area contributed by atoms with Crippen molar-refractivity contribution in [3.8, 4) is 0 Å². The number of benzene rings is 1. The molecule has 3 heterocycles. The Morgan fingerprint density at radius 2 is 2.07 bits per heavy atom. The maximum atomic E-state index is 13.1. The van der Waals surface area contributed by atoms with Gasteiger partial charge in [-0.25, -0.2) is 4.79 Å². The topological polar surface area (TPSA) is 91.6 Å². The van der Waals surface area contributed by atoms with E-state index in [-0.39, 0.29) is 18.0 Å². The second kappa shape index (κ2) is 7.61. The van der Waals surface area contributed by atoms with Gasteiger partial charge in [0.25, 0.3) is 0 Å². The molecule has 8 heteroatoms. The van der Waals surface area contributed by atoms with Crippen molar-refractivity contribution in [1.82, 2.24) is 15.0 Å². The average Bonchev–Trinajstić information content (AvgIpc) is 3.32. The molecule has 148 valence electrons. The van der Waals surface area contributed by atoms with E-state index in [1.165, 1.54) is 0 Å². The zero-order valence-electron chi connectivity index (χ0n) is 16.3. The molecule has 0 aliphatic carbocycles. The van der Waals surface area contributed by atoms with Gasteiger partial charge in [0, 0.05) is 30.9 Å². The van der Waals surface area contributed by atoms with Crippen LogP contribution in [0.2, 0.25) is 0 Å². The maximum absolute atomic E-state index is 13.1. The van der Waals surface area contributed by atoms with Gasteiger partial charge in [0.05, 0.1) is 0 Å². The van der Waals surface area contributed by atoms with Crippen molar-refractivity contribution < 1.29 is 14.1 Å². The highest BCUT2D eigenvalue weighted by Crippen LogP contribution is 2.32. The van der Waals surface area contributed by atoms with E-state index in [2.05, 4.69) is 15.5 Å². The maximum Gasteiger partial charge on any atom is 0.322 e. The molecule has 28 heavy (non-hydrogen) atoms. The minimum atomic E-state index is -0.210. The molecule has 2 fully saturated rings. The van der Waals surface area contributed by atoms with E-state index < -0.39 is 0 Å². The van der Waals surface area contributed by atoms with Crippen molar-refractivity contribution in [2.45, 2.75) is 52.0 Å². The molecule has 0 radical (unpaired) electrons. The quantitative estimate of drug-likeness (QED) is 0.875. The zero-order valence-corrected chi connectivity index (χ0v) is 16.3. The molecule has 1 N–H and O–H groups in total. The first-order valence-electron chi connectivity index (χ1n) is 9.82. The Kier molecular flexibility index (Phi) is 5.02. The molecule has 4 rings (SSSR count). The lowest BCUT2D eigenvalue weighted by Crippen LogP contribution is -2.41. The Balaban J connectivity index is 1.54. The van der Waals surface area contributed by atoms with E-state index >= 15 is 0 Å². The van der Waals surface area contributed by atoms with E-state index in [4.69, 9.17) is 4.52 Å². The molecule has 0 spiro atoms. The van der Waals surface area contributed by atoms with Crippen LogP contribution in [0.25, 0.3) is 0 Å². The number of anilines is 2. The van der Waals surface area contributed by atoms with Gasteiger partial charge in [-0.2, -0.15) is 4.98 Å². The number of piperidine rings is 1. The van der Waals surface area contributed by atoms with Gasteiger partial charge >= 0.3 is 6.03 Å². The van der Waals surface area contributed by atoms with Crippen molar-refractivity contribution in [2.75, 3.05) is 23.3 Å². The summed E-state index contributed by atoms with van der Waals surface area (Å²) in [7, 11) is 0. The molecular formula is C20H25N5O3. The van der Waals surface area contributed by atoms with Gasteiger partial charge in [-0.05, 0) is 57.2 Å².